The van der Waals surface area contributed by atoms with Crippen molar-refractivity contribution in [3.8, 4) is 0 Å². The van der Waals surface area contributed by atoms with E-state index in [4.69, 9.17) is 11.6 Å². The van der Waals surface area contributed by atoms with Gasteiger partial charge in [-0.1, -0.05) is 30.7 Å². The summed E-state index contributed by atoms with van der Waals surface area (Å²) in [6, 6.07) is 6.31. The molecule has 1 rings (SSSR count). The first kappa shape index (κ1) is 17.4. The fourth-order valence-electron chi connectivity index (χ4n) is 1.80. The number of aliphatic hydroxyl groups is 2. The van der Waals surface area contributed by atoms with Crippen LogP contribution in [0.2, 0.25) is 5.02 Å². The molecule has 0 fully saturated rings. The number of benzene rings is 1. The first-order chi connectivity index (χ1) is 9.85. The number of halogens is 1. The van der Waals surface area contributed by atoms with Crippen LogP contribution in [0.15, 0.2) is 24.3 Å². The molecule has 0 saturated heterocycles. The first-order valence-electron chi connectivity index (χ1n) is 6.37. The summed E-state index contributed by atoms with van der Waals surface area (Å²) in [5.41, 5.74) is -1.46. The van der Waals surface area contributed by atoms with Gasteiger partial charge < -0.3 is 20.3 Å². The summed E-state index contributed by atoms with van der Waals surface area (Å²) in [4.78, 5) is 23.2. The quantitative estimate of drug-likeness (QED) is 0.668. The van der Waals surface area contributed by atoms with Crippen LogP contribution in [-0.4, -0.2) is 41.8 Å². The van der Waals surface area contributed by atoms with Gasteiger partial charge in [-0.05, 0) is 24.1 Å². The van der Waals surface area contributed by atoms with Crippen LogP contribution in [0.25, 0.3) is 0 Å². The van der Waals surface area contributed by atoms with E-state index in [1.807, 2.05) is 0 Å². The Morgan fingerprint density at radius 2 is 2.14 bits per heavy atom. The summed E-state index contributed by atoms with van der Waals surface area (Å²) in [6.45, 7) is 1.28. The van der Waals surface area contributed by atoms with E-state index in [9.17, 15) is 19.8 Å². The monoisotopic (exact) mass is 315 g/mol. The lowest BCUT2D eigenvalue weighted by Gasteiger charge is -2.26. The molecule has 0 saturated carbocycles. The molecule has 116 valence electrons. The van der Waals surface area contributed by atoms with E-state index in [1.165, 1.54) is 6.07 Å². The number of rotatable bonds is 6. The number of hydrogen-bond donors (Lipinski definition) is 3. The standard InChI is InChI=1S/C14H18ClNO5/c1-3-14(20,9-5-4-6-10(15)7-9)13(19)16-8-11(17)12(18)21-2/h4-7,11,17,20H,3,8H2,1-2H3,(H,16,19)/t11-,14-/m0/s1. The molecule has 7 heteroatoms. The lowest BCUT2D eigenvalue weighted by atomic mass is 9.90. The van der Waals surface area contributed by atoms with Gasteiger partial charge >= 0.3 is 5.97 Å². The average Bonchev–Trinajstić information content (AvgIpc) is 2.50. The van der Waals surface area contributed by atoms with Crippen molar-refractivity contribution in [2.45, 2.75) is 25.0 Å². The van der Waals surface area contributed by atoms with Crippen molar-refractivity contribution in [1.29, 1.82) is 0 Å². The third-order valence-corrected chi connectivity index (χ3v) is 3.35. The minimum Gasteiger partial charge on any atom is -0.467 e. The lowest BCUT2D eigenvalue weighted by molar-refractivity contribution is -0.151. The van der Waals surface area contributed by atoms with Crippen LogP contribution < -0.4 is 5.32 Å². The van der Waals surface area contributed by atoms with Gasteiger partial charge in [0.25, 0.3) is 5.91 Å². The van der Waals surface area contributed by atoms with Crippen molar-refractivity contribution in [1.82, 2.24) is 5.32 Å². The predicted molar refractivity (Wildman–Crippen MR) is 76.7 cm³/mol. The van der Waals surface area contributed by atoms with Crippen LogP contribution in [-0.2, 0) is 19.9 Å². The van der Waals surface area contributed by atoms with Crippen molar-refractivity contribution in [2.75, 3.05) is 13.7 Å². The van der Waals surface area contributed by atoms with Crippen LogP contribution in [0.1, 0.15) is 18.9 Å². The van der Waals surface area contributed by atoms with Crippen LogP contribution >= 0.6 is 11.6 Å². The number of hydrogen-bond acceptors (Lipinski definition) is 5. The Morgan fingerprint density at radius 1 is 1.48 bits per heavy atom. The van der Waals surface area contributed by atoms with Crippen molar-refractivity contribution in [3.05, 3.63) is 34.9 Å². The average molecular weight is 316 g/mol. The number of methoxy groups -OCH3 is 1. The van der Waals surface area contributed by atoms with Crippen molar-refractivity contribution in [3.63, 3.8) is 0 Å². The van der Waals surface area contributed by atoms with E-state index < -0.39 is 23.6 Å². The SMILES string of the molecule is CC[C@@](O)(C(=O)NC[C@H](O)C(=O)OC)c1cccc(Cl)c1. The van der Waals surface area contributed by atoms with Gasteiger partial charge in [0.05, 0.1) is 13.7 Å². The minimum atomic E-state index is -1.79. The highest BCUT2D eigenvalue weighted by atomic mass is 35.5. The molecule has 0 radical (unpaired) electrons. The van der Waals surface area contributed by atoms with E-state index in [0.717, 1.165) is 7.11 Å². The predicted octanol–water partition coefficient (Wildman–Crippen LogP) is 0.588. The van der Waals surface area contributed by atoms with Crippen molar-refractivity contribution >= 4 is 23.5 Å². The lowest BCUT2D eigenvalue weighted by Crippen LogP contribution is -2.47. The van der Waals surface area contributed by atoms with Gasteiger partial charge in [0.2, 0.25) is 0 Å². The van der Waals surface area contributed by atoms with E-state index in [1.54, 1.807) is 25.1 Å². The van der Waals surface area contributed by atoms with Crippen LogP contribution in [0.5, 0.6) is 0 Å². The summed E-state index contributed by atoms with van der Waals surface area (Å²) in [7, 11) is 1.13. The maximum absolute atomic E-state index is 12.2. The molecule has 0 unspecified atom stereocenters. The molecule has 1 amide bonds. The number of ether oxygens (including phenoxy) is 1. The van der Waals surface area contributed by atoms with Gasteiger partial charge in [0.1, 0.15) is 0 Å². The van der Waals surface area contributed by atoms with Gasteiger partial charge in [-0.2, -0.15) is 0 Å². The van der Waals surface area contributed by atoms with Gasteiger partial charge in [0, 0.05) is 5.02 Å². The normalized spacial score (nSPS) is 14.9. The third-order valence-electron chi connectivity index (χ3n) is 3.12. The van der Waals surface area contributed by atoms with Gasteiger partial charge in [-0.25, -0.2) is 4.79 Å². The number of carbonyl (C=O) groups excluding carboxylic acids is 2. The fourth-order valence-corrected chi connectivity index (χ4v) is 1.99. The molecular weight excluding hydrogens is 298 g/mol. The maximum atomic E-state index is 12.2. The summed E-state index contributed by atoms with van der Waals surface area (Å²) in [5, 5.41) is 22.7. The molecule has 0 bridgehead atoms. The van der Waals surface area contributed by atoms with E-state index in [0.29, 0.717) is 10.6 Å². The number of carbonyl (C=O) groups is 2. The van der Waals surface area contributed by atoms with Crippen LogP contribution in [0, 0.1) is 0 Å². The van der Waals surface area contributed by atoms with E-state index in [-0.39, 0.29) is 13.0 Å². The fraction of sp³-hybridized carbons (Fsp3) is 0.429. The number of esters is 1. The molecular formula is C14H18ClNO5. The maximum Gasteiger partial charge on any atom is 0.336 e. The molecule has 0 spiro atoms. The van der Waals surface area contributed by atoms with E-state index in [2.05, 4.69) is 10.1 Å². The number of amides is 1. The Morgan fingerprint density at radius 3 is 2.67 bits per heavy atom. The Labute approximate surface area is 127 Å². The minimum absolute atomic E-state index is 0.105. The smallest absolute Gasteiger partial charge is 0.336 e. The second kappa shape index (κ2) is 7.40. The molecule has 3 N–H and O–H groups in total. The summed E-state index contributed by atoms with van der Waals surface area (Å²) < 4.78 is 4.34. The third kappa shape index (κ3) is 4.17. The summed E-state index contributed by atoms with van der Waals surface area (Å²) in [6.07, 6.45) is -1.38. The Hall–Kier alpha value is -1.63. The highest BCUT2D eigenvalue weighted by Crippen LogP contribution is 2.27. The Bertz CT molecular complexity index is 522. The molecule has 0 aliphatic carbocycles. The molecule has 21 heavy (non-hydrogen) atoms. The molecule has 6 nitrogen and oxygen atoms in total. The second-order valence-corrected chi connectivity index (χ2v) is 4.91. The molecule has 1 aromatic carbocycles. The van der Waals surface area contributed by atoms with Crippen LogP contribution in [0.4, 0.5) is 0 Å². The molecule has 0 aliphatic rings. The summed E-state index contributed by atoms with van der Waals surface area (Å²) >= 11 is 5.86. The zero-order valence-corrected chi connectivity index (χ0v) is 12.6. The number of nitrogens with one attached hydrogen (secondary N) is 1. The first-order valence-corrected chi connectivity index (χ1v) is 6.75. The van der Waals surface area contributed by atoms with Crippen molar-refractivity contribution < 1.29 is 24.5 Å². The molecule has 2 atom stereocenters. The van der Waals surface area contributed by atoms with Gasteiger partial charge in [-0.3, -0.25) is 4.79 Å². The largest absolute Gasteiger partial charge is 0.467 e. The summed E-state index contributed by atoms with van der Waals surface area (Å²) in [5.74, 6) is -1.59. The number of aliphatic hydroxyl groups excluding tert-OH is 1. The van der Waals surface area contributed by atoms with E-state index >= 15 is 0 Å². The Kier molecular flexibility index (Phi) is 6.14. The second-order valence-electron chi connectivity index (χ2n) is 4.47. The molecule has 1 aromatic rings. The van der Waals surface area contributed by atoms with Crippen LogP contribution in [0.3, 0.4) is 0 Å². The van der Waals surface area contributed by atoms with Gasteiger partial charge in [0.15, 0.2) is 11.7 Å². The molecule has 0 aromatic heterocycles. The highest BCUT2D eigenvalue weighted by molar-refractivity contribution is 6.30. The zero-order valence-electron chi connectivity index (χ0n) is 11.8. The molecule has 0 heterocycles. The molecule has 0 aliphatic heterocycles. The zero-order chi connectivity index (χ0) is 16.0. The Balaban J connectivity index is 2.84. The topological polar surface area (TPSA) is 95.9 Å². The highest BCUT2D eigenvalue weighted by Gasteiger charge is 2.36. The van der Waals surface area contributed by atoms with Crippen molar-refractivity contribution in [2.24, 2.45) is 0 Å². The van der Waals surface area contributed by atoms with Gasteiger partial charge in [-0.15, -0.1) is 0 Å².